The Morgan fingerprint density at radius 3 is 1.89 bits per heavy atom. The van der Waals surface area contributed by atoms with Gasteiger partial charge in [0.15, 0.2) is 0 Å². The van der Waals surface area contributed by atoms with E-state index >= 15 is 0 Å². The molecule has 0 fully saturated rings. The van der Waals surface area contributed by atoms with Crippen LogP contribution in [-0.4, -0.2) is 17.8 Å². The molecule has 0 aromatic rings. The fourth-order valence-electron chi connectivity index (χ4n) is 0.530. The van der Waals surface area contributed by atoms with Crippen LogP contribution in [0.4, 0.5) is 0 Å². The van der Waals surface area contributed by atoms with Crippen molar-refractivity contribution in [1.82, 2.24) is 0 Å². The molecular formula is C14H11N3O. The Morgan fingerprint density at radius 2 is 1.56 bits per heavy atom. The lowest BCUT2D eigenvalue weighted by molar-refractivity contribution is 0.279. The Balaban J connectivity index is 0. The van der Waals surface area contributed by atoms with E-state index in [0.717, 1.165) is 0 Å². The van der Waals surface area contributed by atoms with Crippen molar-refractivity contribution >= 4 is 0 Å². The van der Waals surface area contributed by atoms with Crippen LogP contribution in [0.15, 0.2) is 5.11 Å². The molecule has 88 valence electrons. The summed E-state index contributed by atoms with van der Waals surface area (Å²) in [4.78, 5) is 2.57. The van der Waals surface area contributed by atoms with Gasteiger partial charge in [-0.05, 0) is 59.3 Å². The molecule has 0 aromatic heterocycles. The number of aliphatic hydroxyl groups excluding tert-OH is 1. The molecule has 1 atom stereocenters. The second-order valence-corrected chi connectivity index (χ2v) is 2.60. The molecule has 0 heterocycles. The molecule has 0 radical (unpaired) electrons. The van der Waals surface area contributed by atoms with E-state index in [-0.39, 0.29) is 12.6 Å². The zero-order valence-electron chi connectivity index (χ0n) is 9.94. The van der Waals surface area contributed by atoms with Crippen LogP contribution in [0.1, 0.15) is 13.3 Å². The molecule has 0 aliphatic rings. The molecule has 0 spiro atoms. The third kappa shape index (κ3) is 18.8. The van der Waals surface area contributed by atoms with Crippen molar-refractivity contribution in [3.8, 4) is 60.2 Å². The minimum Gasteiger partial charge on any atom is -0.396 e. The van der Waals surface area contributed by atoms with Gasteiger partial charge in [-0.3, -0.25) is 0 Å². The Labute approximate surface area is 107 Å². The zero-order valence-corrected chi connectivity index (χ0v) is 9.94. The molecule has 0 aliphatic heterocycles. The minimum atomic E-state index is -0.0787. The third-order valence-electron chi connectivity index (χ3n) is 1.25. The summed E-state index contributed by atoms with van der Waals surface area (Å²) in [6.07, 6.45) is 10.2. The van der Waals surface area contributed by atoms with Gasteiger partial charge in [0.2, 0.25) is 0 Å². The van der Waals surface area contributed by atoms with E-state index in [2.05, 4.69) is 57.4 Å². The molecular weight excluding hydrogens is 226 g/mol. The summed E-state index contributed by atoms with van der Waals surface area (Å²) < 4.78 is 0. The van der Waals surface area contributed by atoms with Gasteiger partial charge in [-0.25, -0.2) is 0 Å². The van der Waals surface area contributed by atoms with E-state index in [1.807, 2.05) is 0 Å². The number of terminal acetylenes is 2. The van der Waals surface area contributed by atoms with Gasteiger partial charge in [0.1, 0.15) is 0 Å². The van der Waals surface area contributed by atoms with Gasteiger partial charge >= 0.3 is 0 Å². The third-order valence-corrected chi connectivity index (χ3v) is 1.25. The second-order valence-electron chi connectivity index (χ2n) is 2.60. The standard InChI is InChI=1S/C10H2.C4H9N3O/c1-3-5-7-9-10-8-6-4-2;1-4(2-3-8)6-7-5/h1-2H;4,8H,2-3H2,1H3. The normalized spacial score (nSPS) is 7.33. The summed E-state index contributed by atoms with van der Waals surface area (Å²) in [6, 6.07) is -0.0787. The van der Waals surface area contributed by atoms with Crippen molar-refractivity contribution in [3.63, 3.8) is 0 Å². The summed E-state index contributed by atoms with van der Waals surface area (Å²) in [5.74, 6) is 18.4. The molecule has 1 unspecified atom stereocenters. The maximum atomic E-state index is 8.28. The summed E-state index contributed by atoms with van der Waals surface area (Å²) in [5.41, 5.74) is 7.84. The van der Waals surface area contributed by atoms with Gasteiger partial charge in [-0.15, -0.1) is 12.8 Å². The second kappa shape index (κ2) is 16.5. The summed E-state index contributed by atoms with van der Waals surface area (Å²) >= 11 is 0. The number of rotatable bonds is 3. The van der Waals surface area contributed by atoms with E-state index in [4.69, 9.17) is 23.5 Å². The monoisotopic (exact) mass is 237 g/mol. The van der Waals surface area contributed by atoms with E-state index in [1.165, 1.54) is 0 Å². The first kappa shape index (κ1) is 17.5. The molecule has 4 heteroatoms. The molecule has 0 aliphatic carbocycles. The fourth-order valence-corrected chi connectivity index (χ4v) is 0.530. The highest BCUT2D eigenvalue weighted by molar-refractivity contribution is 5.41. The first-order chi connectivity index (χ1) is 8.72. The van der Waals surface area contributed by atoms with E-state index in [9.17, 15) is 0 Å². The van der Waals surface area contributed by atoms with Crippen LogP contribution in [0.25, 0.3) is 10.4 Å². The van der Waals surface area contributed by atoms with Gasteiger partial charge in [0, 0.05) is 17.6 Å². The average molecular weight is 237 g/mol. The maximum absolute atomic E-state index is 8.28. The van der Waals surface area contributed by atoms with E-state index in [1.54, 1.807) is 6.92 Å². The maximum Gasteiger partial charge on any atom is 0.0434 e. The number of nitrogens with zero attached hydrogens (tertiary/aromatic N) is 3. The van der Waals surface area contributed by atoms with Crippen LogP contribution in [0.5, 0.6) is 0 Å². The van der Waals surface area contributed by atoms with Gasteiger partial charge in [-0.2, -0.15) is 0 Å². The molecule has 1 N–H and O–H groups in total. The van der Waals surface area contributed by atoms with Crippen molar-refractivity contribution in [2.24, 2.45) is 5.11 Å². The zero-order chi connectivity index (χ0) is 14.1. The Morgan fingerprint density at radius 1 is 1.11 bits per heavy atom. The molecule has 0 saturated heterocycles. The lowest BCUT2D eigenvalue weighted by atomic mass is 10.3. The number of hydrogen-bond acceptors (Lipinski definition) is 2. The summed E-state index contributed by atoms with van der Waals surface area (Å²) in [6.45, 7) is 1.84. The molecule has 0 rings (SSSR count). The number of azide groups is 1. The highest BCUT2D eigenvalue weighted by Crippen LogP contribution is 1.93. The van der Waals surface area contributed by atoms with Gasteiger partial charge in [0.25, 0.3) is 0 Å². The molecule has 18 heavy (non-hydrogen) atoms. The first-order valence-corrected chi connectivity index (χ1v) is 4.79. The predicted molar refractivity (Wildman–Crippen MR) is 71.3 cm³/mol. The van der Waals surface area contributed by atoms with Crippen molar-refractivity contribution in [1.29, 1.82) is 0 Å². The van der Waals surface area contributed by atoms with Crippen LogP contribution < -0.4 is 0 Å². The highest BCUT2D eigenvalue weighted by atomic mass is 16.3. The lowest BCUT2D eigenvalue weighted by Crippen LogP contribution is -1.98. The van der Waals surface area contributed by atoms with Crippen molar-refractivity contribution in [3.05, 3.63) is 10.4 Å². The molecule has 0 amide bonds. The molecule has 4 nitrogen and oxygen atoms in total. The average Bonchev–Trinajstić information content (AvgIpc) is 2.35. The topological polar surface area (TPSA) is 69.0 Å². The summed E-state index contributed by atoms with van der Waals surface area (Å²) in [7, 11) is 0. The lowest BCUT2D eigenvalue weighted by Gasteiger charge is -1.96. The van der Waals surface area contributed by atoms with E-state index < -0.39 is 0 Å². The van der Waals surface area contributed by atoms with Gasteiger partial charge in [0.05, 0.1) is 0 Å². The van der Waals surface area contributed by atoms with Crippen LogP contribution in [-0.2, 0) is 0 Å². The minimum absolute atomic E-state index is 0.0787. The van der Waals surface area contributed by atoms with Crippen LogP contribution in [0.2, 0.25) is 0 Å². The molecule has 0 saturated carbocycles. The van der Waals surface area contributed by atoms with Crippen LogP contribution in [0.3, 0.4) is 0 Å². The van der Waals surface area contributed by atoms with Gasteiger partial charge < -0.3 is 5.11 Å². The van der Waals surface area contributed by atoms with Crippen molar-refractivity contribution in [2.45, 2.75) is 19.4 Å². The Bertz CT molecular complexity index is 502. The first-order valence-electron chi connectivity index (χ1n) is 4.79. The Hall–Kier alpha value is -2.93. The fraction of sp³-hybridized carbons (Fsp3) is 0.286. The van der Waals surface area contributed by atoms with Crippen LogP contribution in [0, 0.1) is 60.2 Å². The SMILES string of the molecule is C#CC#CC#CC#CC#C.CC(CCO)N=[N+]=[N-]. The smallest absolute Gasteiger partial charge is 0.0434 e. The van der Waals surface area contributed by atoms with E-state index in [0.29, 0.717) is 6.42 Å². The highest BCUT2D eigenvalue weighted by Gasteiger charge is 1.93. The predicted octanol–water partition coefficient (Wildman–Crippen LogP) is 1.33. The van der Waals surface area contributed by atoms with Crippen molar-refractivity contribution in [2.75, 3.05) is 6.61 Å². The quantitative estimate of drug-likeness (QED) is 0.342. The summed E-state index contributed by atoms with van der Waals surface area (Å²) in [5, 5.41) is 11.6. The largest absolute Gasteiger partial charge is 0.396 e. The number of hydrogen-bond donors (Lipinski definition) is 1. The van der Waals surface area contributed by atoms with Crippen LogP contribution >= 0.6 is 0 Å². The Kier molecular flexibility index (Phi) is 16.0. The number of aliphatic hydroxyl groups is 1. The molecule has 0 bridgehead atoms. The van der Waals surface area contributed by atoms with Gasteiger partial charge in [-0.1, -0.05) is 12.0 Å². The van der Waals surface area contributed by atoms with Crippen molar-refractivity contribution < 1.29 is 5.11 Å². The molecule has 0 aromatic carbocycles.